The second-order valence-corrected chi connectivity index (χ2v) is 3.74. The lowest BCUT2D eigenvalue weighted by molar-refractivity contribution is -0.385. The van der Waals surface area contributed by atoms with Gasteiger partial charge in [-0.15, -0.1) is 0 Å². The van der Waals surface area contributed by atoms with Crippen LogP contribution in [0.5, 0.6) is 0 Å². The molecule has 0 bridgehead atoms. The molecule has 1 aromatic carbocycles. The summed E-state index contributed by atoms with van der Waals surface area (Å²) in [7, 11) is 3.64. The van der Waals surface area contributed by atoms with Gasteiger partial charge in [0.25, 0.3) is 5.69 Å². The van der Waals surface area contributed by atoms with Crippen LogP contribution in [0.2, 0.25) is 0 Å². The molecule has 0 heterocycles. The van der Waals surface area contributed by atoms with E-state index < -0.39 is 11.0 Å². The van der Waals surface area contributed by atoms with E-state index in [0.29, 0.717) is 5.56 Å². The maximum absolute atomic E-state index is 10.9. The van der Waals surface area contributed by atoms with Crippen molar-refractivity contribution in [2.75, 3.05) is 25.5 Å². The third kappa shape index (κ3) is 2.47. The Bertz CT molecular complexity index is 392. The topological polar surface area (TPSA) is 98.4 Å². The van der Waals surface area contributed by atoms with Crippen molar-refractivity contribution in [2.45, 2.75) is 6.04 Å². The van der Waals surface area contributed by atoms with Gasteiger partial charge in [0.15, 0.2) is 0 Å². The number of anilines is 1. The van der Waals surface area contributed by atoms with Gasteiger partial charge in [0.2, 0.25) is 0 Å². The highest BCUT2D eigenvalue weighted by Crippen LogP contribution is 2.27. The number of hydrogen-bond acceptors (Lipinski definition) is 5. The molecule has 0 amide bonds. The van der Waals surface area contributed by atoms with Gasteiger partial charge in [-0.1, -0.05) is 0 Å². The molecular weight excluding hydrogens is 208 g/mol. The molecule has 0 aliphatic heterocycles. The van der Waals surface area contributed by atoms with Gasteiger partial charge in [-0.25, -0.2) is 0 Å². The summed E-state index contributed by atoms with van der Waals surface area (Å²) < 4.78 is 0. The van der Waals surface area contributed by atoms with Crippen LogP contribution in [-0.2, 0) is 0 Å². The minimum atomic E-state index is -0.503. The molecule has 1 aromatic rings. The molecule has 0 unspecified atom stereocenters. The largest absolute Gasteiger partial charge is 0.377 e. The molecule has 0 saturated carbocycles. The fraction of sp³-hybridized carbons (Fsp3) is 0.400. The van der Waals surface area contributed by atoms with Crippen molar-refractivity contribution in [2.24, 2.45) is 11.5 Å². The van der Waals surface area contributed by atoms with Crippen LogP contribution in [0, 0.1) is 10.1 Å². The van der Waals surface area contributed by atoms with Gasteiger partial charge in [0.05, 0.1) is 4.92 Å². The lowest BCUT2D eigenvalue weighted by atomic mass is 10.0. The average molecular weight is 224 g/mol. The van der Waals surface area contributed by atoms with E-state index >= 15 is 0 Å². The van der Waals surface area contributed by atoms with E-state index in [0.717, 1.165) is 5.69 Å². The Morgan fingerprint density at radius 2 is 2.12 bits per heavy atom. The van der Waals surface area contributed by atoms with Gasteiger partial charge >= 0.3 is 0 Å². The Morgan fingerprint density at radius 1 is 1.50 bits per heavy atom. The van der Waals surface area contributed by atoms with E-state index in [4.69, 9.17) is 11.5 Å². The van der Waals surface area contributed by atoms with Crippen LogP contribution in [0.4, 0.5) is 11.4 Å². The fourth-order valence-electron chi connectivity index (χ4n) is 1.41. The maximum Gasteiger partial charge on any atom is 0.276 e. The number of nitrogens with zero attached hydrogens (tertiary/aromatic N) is 2. The Hall–Kier alpha value is -1.66. The van der Waals surface area contributed by atoms with Gasteiger partial charge in [-0.3, -0.25) is 10.1 Å². The van der Waals surface area contributed by atoms with E-state index in [1.165, 1.54) is 6.07 Å². The Labute approximate surface area is 94.0 Å². The summed E-state index contributed by atoms with van der Waals surface area (Å²) in [5.74, 6) is 0. The van der Waals surface area contributed by atoms with Crippen LogP contribution in [-0.4, -0.2) is 25.6 Å². The summed E-state index contributed by atoms with van der Waals surface area (Å²) in [5, 5.41) is 10.9. The van der Waals surface area contributed by atoms with E-state index in [9.17, 15) is 10.1 Å². The minimum absolute atomic E-state index is 0.0177. The SMILES string of the molecule is CN(C)c1ccc([C@@H](N)CN)c([N+](=O)[O-])c1. The molecule has 0 spiro atoms. The highest BCUT2D eigenvalue weighted by molar-refractivity contribution is 5.57. The molecule has 6 nitrogen and oxygen atoms in total. The predicted molar refractivity (Wildman–Crippen MR) is 63.4 cm³/mol. The van der Waals surface area contributed by atoms with Crippen molar-refractivity contribution >= 4 is 11.4 Å². The molecule has 1 atom stereocenters. The standard InChI is InChI=1S/C10H16N4O2/c1-13(2)7-3-4-8(9(12)6-11)10(5-7)14(15)16/h3-5,9H,6,11-12H2,1-2H3/t9-/m0/s1. The Balaban J connectivity index is 3.25. The molecule has 0 fully saturated rings. The van der Waals surface area contributed by atoms with Crippen LogP contribution in [0.15, 0.2) is 18.2 Å². The van der Waals surface area contributed by atoms with Crippen molar-refractivity contribution in [1.82, 2.24) is 0 Å². The Kier molecular flexibility index (Phi) is 3.81. The van der Waals surface area contributed by atoms with Gasteiger partial charge in [-0.2, -0.15) is 0 Å². The minimum Gasteiger partial charge on any atom is -0.377 e. The smallest absolute Gasteiger partial charge is 0.276 e. The highest BCUT2D eigenvalue weighted by Gasteiger charge is 2.19. The molecular formula is C10H16N4O2. The van der Waals surface area contributed by atoms with E-state index in [1.54, 1.807) is 17.0 Å². The quantitative estimate of drug-likeness (QED) is 0.577. The molecule has 4 N–H and O–H groups in total. The van der Waals surface area contributed by atoms with Gasteiger partial charge < -0.3 is 16.4 Å². The lowest BCUT2D eigenvalue weighted by Crippen LogP contribution is -2.22. The molecule has 0 saturated heterocycles. The normalized spacial score (nSPS) is 12.2. The van der Waals surface area contributed by atoms with Crippen molar-refractivity contribution < 1.29 is 4.92 Å². The molecule has 0 aliphatic rings. The summed E-state index contributed by atoms with van der Waals surface area (Å²) in [5.41, 5.74) is 12.4. The van der Waals surface area contributed by atoms with Crippen LogP contribution >= 0.6 is 0 Å². The summed E-state index contributed by atoms with van der Waals surface area (Å²) in [4.78, 5) is 12.3. The van der Waals surface area contributed by atoms with Crippen LogP contribution in [0.3, 0.4) is 0 Å². The van der Waals surface area contributed by atoms with Crippen LogP contribution in [0.25, 0.3) is 0 Å². The fourth-order valence-corrected chi connectivity index (χ4v) is 1.41. The third-order valence-electron chi connectivity index (χ3n) is 2.38. The van der Waals surface area contributed by atoms with E-state index in [-0.39, 0.29) is 12.2 Å². The summed E-state index contributed by atoms with van der Waals surface area (Å²) >= 11 is 0. The second-order valence-electron chi connectivity index (χ2n) is 3.74. The van der Waals surface area contributed by atoms with Gasteiger partial charge in [0, 0.05) is 44.0 Å². The summed E-state index contributed by atoms with van der Waals surface area (Å²) in [6.07, 6.45) is 0. The number of nitro groups is 1. The van der Waals surface area contributed by atoms with Gasteiger partial charge in [0.1, 0.15) is 0 Å². The van der Waals surface area contributed by atoms with Crippen LogP contribution < -0.4 is 16.4 Å². The number of nitro benzene ring substituents is 1. The zero-order valence-electron chi connectivity index (χ0n) is 9.38. The second kappa shape index (κ2) is 4.91. The molecule has 1 rings (SSSR count). The summed E-state index contributed by atoms with van der Waals surface area (Å²) in [6, 6.07) is 4.45. The van der Waals surface area contributed by atoms with Gasteiger partial charge in [-0.05, 0) is 12.1 Å². The van der Waals surface area contributed by atoms with Crippen molar-refractivity contribution in [1.29, 1.82) is 0 Å². The Morgan fingerprint density at radius 3 is 2.56 bits per heavy atom. The first kappa shape index (κ1) is 12.4. The first-order valence-electron chi connectivity index (χ1n) is 4.88. The lowest BCUT2D eigenvalue weighted by Gasteiger charge is -2.15. The first-order chi connectivity index (χ1) is 7.47. The molecule has 88 valence electrons. The zero-order chi connectivity index (χ0) is 12.3. The zero-order valence-corrected chi connectivity index (χ0v) is 9.38. The van der Waals surface area contributed by atoms with Crippen molar-refractivity contribution in [3.63, 3.8) is 0 Å². The first-order valence-corrected chi connectivity index (χ1v) is 4.88. The molecule has 0 aromatic heterocycles. The van der Waals surface area contributed by atoms with E-state index in [1.807, 2.05) is 14.1 Å². The maximum atomic E-state index is 10.9. The highest BCUT2D eigenvalue weighted by atomic mass is 16.6. The monoisotopic (exact) mass is 224 g/mol. The van der Waals surface area contributed by atoms with Crippen LogP contribution in [0.1, 0.15) is 11.6 Å². The third-order valence-corrected chi connectivity index (χ3v) is 2.38. The molecule has 6 heteroatoms. The number of rotatable bonds is 4. The number of nitrogens with two attached hydrogens (primary N) is 2. The van der Waals surface area contributed by atoms with Crippen molar-refractivity contribution in [3.8, 4) is 0 Å². The number of hydrogen-bond donors (Lipinski definition) is 2. The predicted octanol–water partition coefficient (Wildman–Crippen LogP) is 0.619. The molecule has 0 aliphatic carbocycles. The number of benzene rings is 1. The van der Waals surface area contributed by atoms with Crippen molar-refractivity contribution in [3.05, 3.63) is 33.9 Å². The molecule has 16 heavy (non-hydrogen) atoms. The van der Waals surface area contributed by atoms with E-state index in [2.05, 4.69) is 0 Å². The summed E-state index contributed by atoms with van der Waals surface area (Å²) in [6.45, 7) is 0.183. The average Bonchev–Trinajstić information content (AvgIpc) is 2.26. The molecule has 0 radical (unpaired) electrons.